The number of anilines is 1. The first-order valence-electron chi connectivity index (χ1n) is 11.6. The molecule has 0 fully saturated rings. The normalized spacial score (nSPS) is 17.3. The summed E-state index contributed by atoms with van der Waals surface area (Å²) in [6.07, 6.45) is 4.56. The third-order valence-corrected chi connectivity index (χ3v) is 7.76. The van der Waals surface area contributed by atoms with Crippen LogP contribution in [0.3, 0.4) is 0 Å². The van der Waals surface area contributed by atoms with E-state index in [-0.39, 0.29) is 22.8 Å². The minimum absolute atomic E-state index is 0.0722. The fraction of sp³-hybridized carbons (Fsp3) is 0.407. The highest BCUT2D eigenvalue weighted by molar-refractivity contribution is 6.35. The van der Waals surface area contributed by atoms with E-state index in [1.165, 1.54) is 5.56 Å². The fourth-order valence-corrected chi connectivity index (χ4v) is 5.75. The quantitative estimate of drug-likeness (QED) is 0.348. The van der Waals surface area contributed by atoms with Gasteiger partial charge < -0.3 is 5.32 Å². The summed E-state index contributed by atoms with van der Waals surface area (Å²) < 4.78 is 1.97. The first kappa shape index (κ1) is 23.8. The number of halogens is 2. The summed E-state index contributed by atoms with van der Waals surface area (Å²) >= 11 is 12.7. The largest absolute Gasteiger partial charge is 0.363 e. The average molecular weight is 484 g/mol. The zero-order valence-electron chi connectivity index (χ0n) is 19.7. The topological polar surface area (TPSA) is 46.9 Å². The Morgan fingerprint density at radius 3 is 2.48 bits per heavy atom. The van der Waals surface area contributed by atoms with Crippen LogP contribution in [0.15, 0.2) is 54.7 Å². The van der Waals surface area contributed by atoms with Crippen LogP contribution in [0, 0.1) is 0 Å². The zero-order valence-corrected chi connectivity index (χ0v) is 21.2. The highest BCUT2D eigenvalue weighted by Crippen LogP contribution is 2.43. The summed E-state index contributed by atoms with van der Waals surface area (Å²) in [5.41, 5.74) is 2.24. The number of aromatic nitrogens is 2. The smallest absolute Gasteiger partial charge is 0.169 e. The van der Waals surface area contributed by atoms with Crippen LogP contribution in [-0.4, -0.2) is 15.6 Å². The summed E-state index contributed by atoms with van der Waals surface area (Å²) in [4.78, 5) is 13.8. The maximum atomic E-state index is 13.8. The Balaban J connectivity index is 1.69. The van der Waals surface area contributed by atoms with Gasteiger partial charge in [-0.15, -0.1) is 0 Å². The fourth-order valence-electron chi connectivity index (χ4n) is 5.14. The van der Waals surface area contributed by atoms with E-state index in [0.29, 0.717) is 22.0 Å². The zero-order chi connectivity index (χ0) is 23.8. The number of rotatable bonds is 7. The van der Waals surface area contributed by atoms with Gasteiger partial charge in [0.2, 0.25) is 0 Å². The van der Waals surface area contributed by atoms with Crippen LogP contribution < -0.4 is 5.32 Å². The molecule has 2 heterocycles. The van der Waals surface area contributed by atoms with Gasteiger partial charge in [-0.3, -0.25) is 4.79 Å². The number of benzene rings is 2. The van der Waals surface area contributed by atoms with Crippen LogP contribution in [0.4, 0.5) is 5.82 Å². The molecule has 2 aromatic carbocycles. The summed E-state index contributed by atoms with van der Waals surface area (Å²) in [6, 6.07) is 16.1. The minimum Gasteiger partial charge on any atom is -0.363 e. The van der Waals surface area contributed by atoms with E-state index in [4.69, 9.17) is 23.2 Å². The molecular formula is C27H31Cl2N3O. The van der Waals surface area contributed by atoms with Crippen LogP contribution in [0.5, 0.6) is 0 Å². The predicted molar refractivity (Wildman–Crippen MR) is 137 cm³/mol. The van der Waals surface area contributed by atoms with Gasteiger partial charge in [-0.1, -0.05) is 73.4 Å². The standard InChI is InChI=1S/C27H31Cl2N3O/c1-5-27(6-2,21-13-12-19(28)14-22(21)29)16-24(33)20-17-30-32-25(20)31-23(15-26(32,3)4)18-10-8-7-9-11-18/h7-14,17,23,31H,5-6,15-16H2,1-4H3. The predicted octanol–water partition coefficient (Wildman–Crippen LogP) is 7.81. The van der Waals surface area contributed by atoms with Crippen molar-refractivity contribution in [3.63, 3.8) is 0 Å². The Morgan fingerprint density at radius 2 is 1.85 bits per heavy atom. The highest BCUT2D eigenvalue weighted by Gasteiger charge is 2.39. The molecule has 1 atom stereocenters. The van der Waals surface area contributed by atoms with Crippen LogP contribution in [-0.2, 0) is 11.0 Å². The van der Waals surface area contributed by atoms with Crippen molar-refractivity contribution >= 4 is 34.8 Å². The van der Waals surface area contributed by atoms with Gasteiger partial charge in [0.05, 0.1) is 23.3 Å². The summed E-state index contributed by atoms with van der Waals surface area (Å²) in [5.74, 6) is 0.872. The van der Waals surface area contributed by atoms with Crippen LogP contribution in [0.1, 0.15) is 80.9 Å². The van der Waals surface area contributed by atoms with Crippen molar-refractivity contribution < 1.29 is 4.79 Å². The monoisotopic (exact) mass is 483 g/mol. The van der Waals surface area contributed by atoms with E-state index in [1.807, 2.05) is 22.9 Å². The molecule has 1 aliphatic heterocycles. The van der Waals surface area contributed by atoms with E-state index in [1.54, 1.807) is 12.3 Å². The van der Waals surface area contributed by atoms with Gasteiger partial charge in [0.25, 0.3) is 0 Å². The number of hydrogen-bond donors (Lipinski definition) is 1. The van der Waals surface area contributed by atoms with Gasteiger partial charge in [0, 0.05) is 21.9 Å². The van der Waals surface area contributed by atoms with Gasteiger partial charge in [-0.05, 0) is 56.4 Å². The second kappa shape index (κ2) is 9.15. The van der Waals surface area contributed by atoms with Crippen molar-refractivity contribution in [2.24, 2.45) is 0 Å². The molecule has 0 radical (unpaired) electrons. The summed E-state index contributed by atoms with van der Waals surface area (Å²) in [5, 5.41) is 9.46. The van der Waals surface area contributed by atoms with E-state index >= 15 is 0 Å². The van der Waals surface area contributed by atoms with Crippen molar-refractivity contribution in [1.29, 1.82) is 0 Å². The van der Waals surface area contributed by atoms with Crippen molar-refractivity contribution in [3.05, 3.63) is 81.5 Å². The van der Waals surface area contributed by atoms with Crippen LogP contribution in [0.2, 0.25) is 10.0 Å². The van der Waals surface area contributed by atoms with Gasteiger partial charge in [0.15, 0.2) is 5.78 Å². The van der Waals surface area contributed by atoms with Gasteiger partial charge >= 0.3 is 0 Å². The number of nitrogens with zero attached hydrogens (tertiary/aromatic N) is 2. The van der Waals surface area contributed by atoms with E-state index in [2.05, 4.69) is 62.4 Å². The van der Waals surface area contributed by atoms with E-state index in [0.717, 1.165) is 30.6 Å². The first-order chi connectivity index (χ1) is 15.7. The Hall–Kier alpha value is -2.30. The van der Waals surface area contributed by atoms with E-state index < -0.39 is 0 Å². The molecule has 0 aliphatic carbocycles. The van der Waals surface area contributed by atoms with Gasteiger partial charge in [-0.25, -0.2) is 4.68 Å². The molecule has 3 aromatic rings. The van der Waals surface area contributed by atoms with Crippen molar-refractivity contribution in [1.82, 2.24) is 9.78 Å². The second-order valence-electron chi connectivity index (χ2n) is 9.65. The second-order valence-corrected chi connectivity index (χ2v) is 10.5. The molecule has 1 unspecified atom stereocenters. The minimum atomic E-state index is -0.364. The third kappa shape index (κ3) is 4.43. The maximum absolute atomic E-state index is 13.8. The molecule has 0 saturated heterocycles. The molecule has 33 heavy (non-hydrogen) atoms. The number of carbonyl (C=O) groups excluding carboxylic acids is 1. The Kier molecular flexibility index (Phi) is 6.61. The third-order valence-electron chi connectivity index (χ3n) is 7.21. The number of Topliss-reactive ketones (excluding diaryl/α,β-unsaturated/α-hetero) is 1. The molecule has 1 aromatic heterocycles. The summed E-state index contributed by atoms with van der Waals surface area (Å²) in [7, 11) is 0. The van der Waals surface area contributed by atoms with Gasteiger partial charge in [0.1, 0.15) is 5.82 Å². The lowest BCUT2D eigenvalue weighted by atomic mass is 9.71. The Labute approximate surface area is 206 Å². The molecule has 174 valence electrons. The molecule has 0 amide bonds. The lowest BCUT2D eigenvalue weighted by molar-refractivity contribution is 0.0944. The van der Waals surface area contributed by atoms with Gasteiger partial charge in [-0.2, -0.15) is 5.10 Å². The molecular weight excluding hydrogens is 453 g/mol. The number of carbonyl (C=O) groups is 1. The summed E-state index contributed by atoms with van der Waals surface area (Å²) in [6.45, 7) is 8.57. The molecule has 0 bridgehead atoms. The number of hydrogen-bond acceptors (Lipinski definition) is 3. The SMILES string of the molecule is CCC(CC)(CC(=O)c1cnn2c1NC(c1ccccc1)CC2(C)C)c1ccc(Cl)cc1Cl. The lowest BCUT2D eigenvalue weighted by Gasteiger charge is -2.38. The van der Waals surface area contributed by atoms with Crippen LogP contribution in [0.25, 0.3) is 0 Å². The van der Waals surface area contributed by atoms with Crippen molar-refractivity contribution in [2.45, 2.75) is 70.4 Å². The number of nitrogens with one attached hydrogen (secondary N) is 1. The highest BCUT2D eigenvalue weighted by atomic mass is 35.5. The maximum Gasteiger partial charge on any atom is 0.169 e. The molecule has 1 aliphatic rings. The molecule has 4 rings (SSSR count). The average Bonchev–Trinajstić information content (AvgIpc) is 3.23. The Morgan fingerprint density at radius 1 is 1.15 bits per heavy atom. The van der Waals surface area contributed by atoms with Crippen molar-refractivity contribution in [3.8, 4) is 0 Å². The number of ketones is 1. The Bertz CT molecular complexity index is 1150. The van der Waals surface area contributed by atoms with E-state index in [9.17, 15) is 4.79 Å². The van der Waals surface area contributed by atoms with Crippen LogP contribution >= 0.6 is 23.2 Å². The molecule has 0 saturated carbocycles. The number of fused-ring (bicyclic) bond motifs is 1. The lowest BCUT2D eigenvalue weighted by Crippen LogP contribution is -2.38. The molecule has 6 heteroatoms. The first-order valence-corrected chi connectivity index (χ1v) is 12.3. The molecule has 4 nitrogen and oxygen atoms in total. The molecule has 1 N–H and O–H groups in total. The van der Waals surface area contributed by atoms with Crippen molar-refractivity contribution in [2.75, 3.05) is 5.32 Å². The molecule has 0 spiro atoms.